The Kier molecular flexibility index (Phi) is 6.30. The molecule has 0 radical (unpaired) electrons. The van der Waals surface area contributed by atoms with E-state index in [9.17, 15) is 18.0 Å². The largest absolute Gasteiger partial charge is 0.469 e. The van der Waals surface area contributed by atoms with E-state index in [0.29, 0.717) is 19.4 Å². The Labute approximate surface area is 161 Å². The standard InChI is InChI=1S/C17H21N3O5S2/c21-16(18-8-7-14-5-2-10-25-14)17(22)19-12-13-4-1-9-20(13)27(23,24)15-6-3-11-26-15/h2-3,5-6,10-11,13H,1,4,7-9,12H2,(H,18,21)(H,19,22). The maximum Gasteiger partial charge on any atom is 0.309 e. The summed E-state index contributed by atoms with van der Waals surface area (Å²) < 4.78 is 32.2. The first-order chi connectivity index (χ1) is 13.0. The van der Waals surface area contributed by atoms with Crippen LogP contribution in [0.25, 0.3) is 0 Å². The van der Waals surface area contributed by atoms with Crippen molar-refractivity contribution in [1.82, 2.24) is 14.9 Å². The highest BCUT2D eigenvalue weighted by Gasteiger charge is 2.36. The van der Waals surface area contributed by atoms with E-state index in [4.69, 9.17) is 4.42 Å². The molecule has 10 heteroatoms. The van der Waals surface area contributed by atoms with E-state index in [1.807, 2.05) is 0 Å². The zero-order valence-electron chi connectivity index (χ0n) is 14.6. The number of carbonyl (C=O) groups is 2. The smallest absolute Gasteiger partial charge is 0.309 e. The quantitative estimate of drug-likeness (QED) is 0.660. The number of furan rings is 1. The molecule has 2 aromatic rings. The average molecular weight is 412 g/mol. The van der Waals surface area contributed by atoms with E-state index in [2.05, 4.69) is 10.6 Å². The minimum absolute atomic E-state index is 0.106. The van der Waals surface area contributed by atoms with Crippen LogP contribution in [0.3, 0.4) is 0 Å². The number of thiophene rings is 1. The molecule has 2 aromatic heterocycles. The molecule has 0 aromatic carbocycles. The second-order valence-corrected chi connectivity index (χ2v) is 9.20. The van der Waals surface area contributed by atoms with Gasteiger partial charge >= 0.3 is 11.8 Å². The van der Waals surface area contributed by atoms with Crippen molar-refractivity contribution in [1.29, 1.82) is 0 Å². The van der Waals surface area contributed by atoms with Crippen molar-refractivity contribution in [3.63, 3.8) is 0 Å². The van der Waals surface area contributed by atoms with Crippen LogP contribution in [-0.2, 0) is 26.0 Å². The van der Waals surface area contributed by atoms with Gasteiger partial charge in [0.15, 0.2) is 0 Å². The summed E-state index contributed by atoms with van der Waals surface area (Å²) in [5.74, 6) is -0.793. The third-order valence-corrected chi connectivity index (χ3v) is 7.65. The molecule has 3 rings (SSSR count). The number of amides is 2. The van der Waals surface area contributed by atoms with E-state index in [1.54, 1.807) is 35.9 Å². The average Bonchev–Trinajstić information content (AvgIpc) is 3.41. The van der Waals surface area contributed by atoms with Crippen molar-refractivity contribution in [3.8, 4) is 0 Å². The van der Waals surface area contributed by atoms with Crippen molar-refractivity contribution in [2.45, 2.75) is 29.5 Å². The van der Waals surface area contributed by atoms with Crippen LogP contribution >= 0.6 is 11.3 Å². The van der Waals surface area contributed by atoms with Gasteiger partial charge in [0, 0.05) is 32.1 Å². The number of nitrogens with one attached hydrogen (secondary N) is 2. The van der Waals surface area contributed by atoms with Crippen molar-refractivity contribution >= 4 is 33.2 Å². The van der Waals surface area contributed by atoms with Crippen molar-refractivity contribution in [2.24, 2.45) is 0 Å². The Hall–Kier alpha value is -2.17. The first-order valence-corrected chi connectivity index (χ1v) is 10.9. The number of nitrogens with zero attached hydrogens (tertiary/aromatic N) is 1. The third-order valence-electron chi connectivity index (χ3n) is 4.32. The lowest BCUT2D eigenvalue weighted by Gasteiger charge is -2.23. The lowest BCUT2D eigenvalue weighted by molar-refractivity contribution is -0.139. The molecule has 3 heterocycles. The Morgan fingerprint density at radius 2 is 2.04 bits per heavy atom. The molecular formula is C17H21N3O5S2. The molecule has 2 amide bonds. The molecule has 0 spiro atoms. The molecule has 146 valence electrons. The van der Waals surface area contributed by atoms with Gasteiger partial charge in [0.25, 0.3) is 10.0 Å². The maximum absolute atomic E-state index is 12.7. The molecule has 1 aliphatic heterocycles. The highest BCUT2D eigenvalue weighted by Crippen LogP contribution is 2.28. The highest BCUT2D eigenvalue weighted by molar-refractivity contribution is 7.91. The lowest BCUT2D eigenvalue weighted by atomic mass is 10.2. The highest BCUT2D eigenvalue weighted by atomic mass is 32.2. The summed E-state index contributed by atoms with van der Waals surface area (Å²) in [7, 11) is -3.56. The fourth-order valence-electron chi connectivity index (χ4n) is 2.98. The lowest BCUT2D eigenvalue weighted by Crippen LogP contribution is -2.47. The molecule has 1 saturated heterocycles. The zero-order chi connectivity index (χ0) is 19.3. The zero-order valence-corrected chi connectivity index (χ0v) is 16.2. The predicted molar refractivity (Wildman–Crippen MR) is 99.7 cm³/mol. The Morgan fingerprint density at radius 1 is 1.22 bits per heavy atom. The van der Waals surface area contributed by atoms with Gasteiger partial charge in [-0.2, -0.15) is 4.31 Å². The molecule has 1 aliphatic rings. The summed E-state index contributed by atoms with van der Waals surface area (Å²) in [6, 6.07) is 6.45. The summed E-state index contributed by atoms with van der Waals surface area (Å²) in [6.45, 7) is 0.799. The van der Waals surface area contributed by atoms with Crippen molar-refractivity contribution in [2.75, 3.05) is 19.6 Å². The molecular weight excluding hydrogens is 390 g/mol. The molecule has 27 heavy (non-hydrogen) atoms. The van der Waals surface area contributed by atoms with Crippen LogP contribution in [0.1, 0.15) is 18.6 Å². The molecule has 0 bridgehead atoms. The van der Waals surface area contributed by atoms with Crippen molar-refractivity contribution in [3.05, 3.63) is 41.7 Å². The van der Waals surface area contributed by atoms with E-state index in [0.717, 1.165) is 12.2 Å². The monoisotopic (exact) mass is 411 g/mol. The first-order valence-electron chi connectivity index (χ1n) is 8.62. The van der Waals surface area contributed by atoms with E-state index in [-0.39, 0.29) is 23.3 Å². The summed E-state index contributed by atoms with van der Waals surface area (Å²) in [5.41, 5.74) is 0. The van der Waals surface area contributed by atoms with Crippen molar-refractivity contribution < 1.29 is 22.4 Å². The molecule has 1 atom stereocenters. The van der Waals surface area contributed by atoms with Gasteiger partial charge in [0.1, 0.15) is 9.97 Å². The summed E-state index contributed by atoms with van der Waals surface area (Å²) >= 11 is 1.17. The fraction of sp³-hybridized carbons (Fsp3) is 0.412. The van der Waals surface area contributed by atoms with E-state index < -0.39 is 21.8 Å². The Balaban J connectivity index is 1.48. The van der Waals surface area contributed by atoms with Gasteiger partial charge in [-0.15, -0.1) is 11.3 Å². The first kappa shape index (κ1) is 19.6. The molecule has 1 unspecified atom stereocenters. The number of hydrogen-bond acceptors (Lipinski definition) is 6. The van der Waals surface area contributed by atoms with Crippen LogP contribution in [0.5, 0.6) is 0 Å². The van der Waals surface area contributed by atoms with Crippen LogP contribution in [0.4, 0.5) is 0 Å². The van der Waals surface area contributed by atoms with Crippen LogP contribution in [0.15, 0.2) is 44.5 Å². The van der Waals surface area contributed by atoms with E-state index >= 15 is 0 Å². The van der Waals surface area contributed by atoms with Gasteiger partial charge in [-0.05, 0) is 36.4 Å². The van der Waals surface area contributed by atoms with E-state index in [1.165, 1.54) is 15.6 Å². The van der Waals surface area contributed by atoms with Gasteiger partial charge in [-0.25, -0.2) is 8.42 Å². The van der Waals surface area contributed by atoms with Crippen LogP contribution in [0.2, 0.25) is 0 Å². The van der Waals surface area contributed by atoms with Gasteiger partial charge in [-0.1, -0.05) is 6.07 Å². The summed E-state index contributed by atoms with van der Waals surface area (Å²) in [4.78, 5) is 23.8. The van der Waals surface area contributed by atoms with Gasteiger partial charge in [0.05, 0.1) is 6.26 Å². The molecule has 0 saturated carbocycles. The topological polar surface area (TPSA) is 109 Å². The molecule has 0 aliphatic carbocycles. The normalized spacial score (nSPS) is 17.7. The molecule has 2 N–H and O–H groups in total. The number of carbonyl (C=O) groups excluding carboxylic acids is 2. The van der Waals surface area contributed by atoms with Gasteiger partial charge < -0.3 is 15.1 Å². The number of rotatable bonds is 7. The third kappa shape index (κ3) is 4.76. The molecule has 8 nitrogen and oxygen atoms in total. The Bertz CT molecular complexity index is 863. The molecule has 1 fully saturated rings. The maximum atomic E-state index is 12.7. The number of hydrogen-bond donors (Lipinski definition) is 2. The Morgan fingerprint density at radius 3 is 2.74 bits per heavy atom. The minimum Gasteiger partial charge on any atom is -0.469 e. The second-order valence-electron chi connectivity index (χ2n) is 6.14. The van der Waals surface area contributed by atoms with Crippen LogP contribution in [0, 0.1) is 0 Å². The van der Waals surface area contributed by atoms with Crippen LogP contribution < -0.4 is 10.6 Å². The summed E-state index contributed by atoms with van der Waals surface area (Å²) in [5, 5.41) is 6.77. The number of sulfonamides is 1. The van der Waals surface area contributed by atoms with Crippen LogP contribution in [-0.4, -0.2) is 50.2 Å². The van der Waals surface area contributed by atoms with Gasteiger partial charge in [-0.3, -0.25) is 9.59 Å². The summed E-state index contributed by atoms with van der Waals surface area (Å²) in [6.07, 6.45) is 3.40. The second kappa shape index (κ2) is 8.68. The fourth-order valence-corrected chi connectivity index (χ4v) is 5.79. The minimum atomic E-state index is -3.56. The SMILES string of the molecule is O=C(NCCc1ccco1)C(=O)NCC1CCCN1S(=O)(=O)c1cccs1. The predicted octanol–water partition coefficient (Wildman–Crippen LogP) is 0.969. The van der Waals surface area contributed by atoms with Gasteiger partial charge in [0.2, 0.25) is 0 Å².